The summed E-state index contributed by atoms with van der Waals surface area (Å²) in [5.74, 6) is -0.347. The quantitative estimate of drug-likeness (QED) is 0.869. The van der Waals surface area contributed by atoms with Crippen LogP contribution in [0.2, 0.25) is 0 Å². The average molecular weight is 287 g/mol. The zero-order valence-corrected chi connectivity index (χ0v) is 12.6. The number of benzene rings is 2. The van der Waals surface area contributed by atoms with Gasteiger partial charge in [0, 0.05) is 24.8 Å². The van der Waals surface area contributed by atoms with Crippen molar-refractivity contribution in [1.82, 2.24) is 0 Å². The van der Waals surface area contributed by atoms with E-state index in [0.717, 1.165) is 12.1 Å². The summed E-state index contributed by atoms with van der Waals surface area (Å²) in [5.41, 5.74) is 2.78. The van der Waals surface area contributed by atoms with Crippen LogP contribution in [0.25, 0.3) is 0 Å². The fraction of sp³-hybridized carbons (Fsp3) is 0.333. The Morgan fingerprint density at radius 2 is 1.76 bits per heavy atom. The number of hydrogen-bond acceptors (Lipinski definition) is 2. The summed E-state index contributed by atoms with van der Waals surface area (Å²) in [6.07, 6.45) is 0.742. The third-order valence-electron chi connectivity index (χ3n) is 3.79. The van der Waals surface area contributed by atoms with Crippen molar-refractivity contribution in [2.45, 2.75) is 25.9 Å². The molecule has 2 aromatic carbocycles. The van der Waals surface area contributed by atoms with Gasteiger partial charge in [0.15, 0.2) is 0 Å². The van der Waals surface area contributed by atoms with Crippen molar-refractivity contribution in [1.29, 1.82) is 0 Å². The van der Waals surface area contributed by atoms with Crippen molar-refractivity contribution >= 4 is 5.69 Å². The van der Waals surface area contributed by atoms with E-state index in [1.165, 1.54) is 11.6 Å². The Balaban J connectivity index is 1.94. The van der Waals surface area contributed by atoms with Crippen LogP contribution in [0.5, 0.6) is 0 Å². The lowest BCUT2D eigenvalue weighted by Gasteiger charge is -2.21. The lowest BCUT2D eigenvalue weighted by Crippen LogP contribution is -2.20. The molecule has 2 rings (SSSR count). The molecule has 0 amide bonds. The maximum absolute atomic E-state index is 13.6. The largest absolute Gasteiger partial charge is 0.388 e. The van der Waals surface area contributed by atoms with Gasteiger partial charge >= 0.3 is 0 Å². The molecule has 0 bridgehead atoms. The second-order valence-corrected chi connectivity index (χ2v) is 5.27. The van der Waals surface area contributed by atoms with Crippen molar-refractivity contribution in [2.75, 3.05) is 18.5 Å². The topological polar surface area (TPSA) is 23.5 Å². The van der Waals surface area contributed by atoms with Gasteiger partial charge in [-0.05, 0) is 36.6 Å². The van der Waals surface area contributed by atoms with Gasteiger partial charge in [0.05, 0.1) is 6.10 Å². The molecular weight excluding hydrogens is 265 g/mol. The zero-order chi connectivity index (χ0) is 15.2. The standard InChI is InChI=1S/C18H22FNO/c1-3-14-8-10-15(11-9-14)20(2)13-12-18(21)16-6-4-5-7-17(16)19/h4-11,18,21H,3,12-13H2,1-2H3. The number of rotatable bonds is 6. The molecule has 21 heavy (non-hydrogen) atoms. The summed E-state index contributed by atoms with van der Waals surface area (Å²) in [6, 6.07) is 14.8. The van der Waals surface area contributed by atoms with Crippen LogP contribution in [0.1, 0.15) is 30.6 Å². The molecule has 0 fully saturated rings. The summed E-state index contributed by atoms with van der Waals surface area (Å²) in [5, 5.41) is 10.1. The average Bonchev–Trinajstić information content (AvgIpc) is 2.52. The predicted molar refractivity (Wildman–Crippen MR) is 85.1 cm³/mol. The van der Waals surface area contributed by atoms with Crippen molar-refractivity contribution in [2.24, 2.45) is 0 Å². The number of hydrogen-bond donors (Lipinski definition) is 1. The molecule has 0 aliphatic carbocycles. The van der Waals surface area contributed by atoms with E-state index >= 15 is 0 Å². The van der Waals surface area contributed by atoms with Gasteiger partial charge in [-0.1, -0.05) is 37.3 Å². The highest BCUT2D eigenvalue weighted by atomic mass is 19.1. The van der Waals surface area contributed by atoms with Gasteiger partial charge in [-0.3, -0.25) is 0 Å². The summed E-state index contributed by atoms with van der Waals surface area (Å²) >= 11 is 0. The molecule has 2 aromatic rings. The third kappa shape index (κ3) is 4.05. The highest BCUT2D eigenvalue weighted by Gasteiger charge is 2.13. The number of nitrogens with zero attached hydrogens (tertiary/aromatic N) is 1. The van der Waals surface area contributed by atoms with E-state index in [4.69, 9.17) is 0 Å². The van der Waals surface area contributed by atoms with E-state index < -0.39 is 6.10 Å². The summed E-state index contributed by atoms with van der Waals surface area (Å²) in [7, 11) is 1.98. The molecule has 0 saturated carbocycles. The first-order chi connectivity index (χ1) is 10.1. The van der Waals surface area contributed by atoms with E-state index in [-0.39, 0.29) is 5.82 Å². The fourth-order valence-electron chi connectivity index (χ4n) is 2.33. The SMILES string of the molecule is CCc1ccc(N(C)CCC(O)c2ccccc2F)cc1. The molecule has 1 N–H and O–H groups in total. The van der Waals surface area contributed by atoms with E-state index in [1.54, 1.807) is 18.2 Å². The fourth-order valence-corrected chi connectivity index (χ4v) is 2.33. The van der Waals surface area contributed by atoms with Crippen molar-refractivity contribution in [3.8, 4) is 0 Å². The Morgan fingerprint density at radius 3 is 2.38 bits per heavy atom. The first kappa shape index (κ1) is 15.5. The van der Waals surface area contributed by atoms with Gasteiger partial charge in [-0.25, -0.2) is 4.39 Å². The van der Waals surface area contributed by atoms with Crippen LogP contribution in [0.4, 0.5) is 10.1 Å². The highest BCUT2D eigenvalue weighted by Crippen LogP contribution is 2.21. The number of halogens is 1. The van der Waals surface area contributed by atoms with Crippen LogP contribution < -0.4 is 4.90 Å². The van der Waals surface area contributed by atoms with Crippen molar-refractivity contribution in [3.05, 3.63) is 65.5 Å². The lowest BCUT2D eigenvalue weighted by atomic mass is 10.1. The molecule has 0 spiro atoms. The molecule has 1 unspecified atom stereocenters. The number of aliphatic hydroxyl groups is 1. The maximum atomic E-state index is 13.6. The molecule has 0 radical (unpaired) electrons. The molecule has 0 aromatic heterocycles. The first-order valence-corrected chi connectivity index (χ1v) is 7.34. The summed E-state index contributed by atoms with van der Waals surface area (Å²) in [6.45, 7) is 2.80. The molecule has 2 nitrogen and oxygen atoms in total. The number of aryl methyl sites for hydroxylation is 1. The predicted octanol–water partition coefficient (Wildman–Crippen LogP) is 3.95. The zero-order valence-electron chi connectivity index (χ0n) is 12.6. The van der Waals surface area contributed by atoms with Crippen LogP contribution in [0, 0.1) is 5.82 Å². The molecule has 0 aliphatic heterocycles. The molecule has 0 aliphatic rings. The van der Waals surface area contributed by atoms with Gasteiger partial charge in [0.1, 0.15) is 5.82 Å². The monoisotopic (exact) mass is 287 g/mol. The Kier molecular flexibility index (Phi) is 5.34. The van der Waals surface area contributed by atoms with Crippen molar-refractivity contribution in [3.63, 3.8) is 0 Å². The minimum Gasteiger partial charge on any atom is -0.388 e. The summed E-state index contributed by atoms with van der Waals surface area (Å²) < 4.78 is 13.6. The highest BCUT2D eigenvalue weighted by molar-refractivity contribution is 5.46. The molecule has 0 saturated heterocycles. The molecular formula is C18H22FNO. The smallest absolute Gasteiger partial charge is 0.128 e. The minimum atomic E-state index is -0.774. The Hall–Kier alpha value is -1.87. The first-order valence-electron chi connectivity index (χ1n) is 7.34. The summed E-state index contributed by atoms with van der Waals surface area (Å²) in [4.78, 5) is 2.07. The maximum Gasteiger partial charge on any atom is 0.128 e. The normalized spacial score (nSPS) is 12.2. The second-order valence-electron chi connectivity index (χ2n) is 5.27. The van der Waals surface area contributed by atoms with Crippen LogP contribution in [0.3, 0.4) is 0 Å². The van der Waals surface area contributed by atoms with E-state index in [1.807, 2.05) is 7.05 Å². The number of aliphatic hydroxyl groups excluding tert-OH is 1. The van der Waals surface area contributed by atoms with Crippen LogP contribution in [0.15, 0.2) is 48.5 Å². The Morgan fingerprint density at radius 1 is 1.10 bits per heavy atom. The van der Waals surface area contributed by atoms with Gasteiger partial charge < -0.3 is 10.0 Å². The number of anilines is 1. The molecule has 112 valence electrons. The van der Waals surface area contributed by atoms with Gasteiger partial charge in [-0.2, -0.15) is 0 Å². The second kappa shape index (κ2) is 7.23. The van der Waals surface area contributed by atoms with Gasteiger partial charge in [0.25, 0.3) is 0 Å². The third-order valence-corrected chi connectivity index (χ3v) is 3.79. The Labute approximate surface area is 125 Å². The molecule has 0 heterocycles. The lowest BCUT2D eigenvalue weighted by molar-refractivity contribution is 0.165. The van der Waals surface area contributed by atoms with Crippen LogP contribution in [-0.2, 0) is 6.42 Å². The van der Waals surface area contributed by atoms with E-state index in [2.05, 4.69) is 36.1 Å². The van der Waals surface area contributed by atoms with E-state index in [0.29, 0.717) is 18.5 Å². The van der Waals surface area contributed by atoms with Crippen LogP contribution >= 0.6 is 0 Å². The van der Waals surface area contributed by atoms with Crippen LogP contribution in [-0.4, -0.2) is 18.7 Å². The van der Waals surface area contributed by atoms with E-state index in [9.17, 15) is 9.50 Å². The Bertz CT molecular complexity index is 568. The molecule has 1 atom stereocenters. The van der Waals surface area contributed by atoms with Gasteiger partial charge in [0.2, 0.25) is 0 Å². The van der Waals surface area contributed by atoms with Gasteiger partial charge in [-0.15, -0.1) is 0 Å². The van der Waals surface area contributed by atoms with Crippen molar-refractivity contribution < 1.29 is 9.50 Å². The molecule has 3 heteroatoms. The minimum absolute atomic E-state index is 0.347.